The fraction of sp³-hybridized carbons (Fsp3) is 0.0833. The lowest BCUT2D eigenvalue weighted by Gasteiger charge is -1.99. The summed E-state index contributed by atoms with van der Waals surface area (Å²) in [5.74, 6) is -0.0375. The van der Waals surface area contributed by atoms with E-state index in [0.717, 1.165) is 11.1 Å². The molecule has 18 heavy (non-hydrogen) atoms. The zero-order chi connectivity index (χ0) is 12.7. The summed E-state index contributed by atoms with van der Waals surface area (Å²) in [6.45, 7) is 1.99. The Balaban J connectivity index is 2.12. The van der Waals surface area contributed by atoms with Crippen molar-refractivity contribution < 1.29 is 9.90 Å². The number of nitrogens with zero attached hydrogens (tertiary/aromatic N) is 3. The minimum Gasteiger partial charge on any atom is -0.476 e. The molecule has 0 saturated heterocycles. The smallest absolute Gasteiger partial charge is 0.356 e. The fourth-order valence-corrected chi connectivity index (χ4v) is 1.83. The lowest BCUT2D eigenvalue weighted by atomic mass is 10.1. The van der Waals surface area contributed by atoms with E-state index in [1.807, 2.05) is 31.2 Å². The molecule has 6 nitrogen and oxygen atoms in total. The fourth-order valence-electron chi connectivity index (χ4n) is 1.83. The van der Waals surface area contributed by atoms with E-state index < -0.39 is 5.97 Å². The van der Waals surface area contributed by atoms with Gasteiger partial charge < -0.3 is 5.11 Å². The van der Waals surface area contributed by atoms with E-state index >= 15 is 0 Å². The molecule has 3 rings (SSSR count). The van der Waals surface area contributed by atoms with Crippen LogP contribution in [0.5, 0.6) is 0 Å². The predicted molar refractivity (Wildman–Crippen MR) is 64.5 cm³/mol. The van der Waals surface area contributed by atoms with Crippen LogP contribution in [-0.4, -0.2) is 30.7 Å². The Morgan fingerprint density at radius 2 is 2.11 bits per heavy atom. The summed E-state index contributed by atoms with van der Waals surface area (Å²) in [6.07, 6.45) is 1.41. The number of aromatic nitrogens is 4. The summed E-state index contributed by atoms with van der Waals surface area (Å²) in [5.41, 5.74) is 2.04. The number of imidazole rings is 1. The Morgan fingerprint density at radius 1 is 1.33 bits per heavy atom. The van der Waals surface area contributed by atoms with Crippen molar-refractivity contribution in [1.29, 1.82) is 0 Å². The Morgan fingerprint density at radius 3 is 2.78 bits per heavy atom. The molecule has 3 aromatic rings. The number of carbonyl (C=O) groups is 1. The first-order valence-electron chi connectivity index (χ1n) is 5.39. The summed E-state index contributed by atoms with van der Waals surface area (Å²) in [7, 11) is 0. The van der Waals surface area contributed by atoms with Crippen molar-refractivity contribution in [2.75, 3.05) is 0 Å². The van der Waals surface area contributed by atoms with Gasteiger partial charge in [-0.05, 0) is 12.5 Å². The van der Waals surface area contributed by atoms with E-state index in [1.165, 1.54) is 10.7 Å². The number of fused-ring (bicyclic) bond motifs is 1. The molecule has 2 N–H and O–H groups in total. The molecule has 0 aliphatic carbocycles. The quantitative estimate of drug-likeness (QED) is 0.716. The topological polar surface area (TPSA) is 83.3 Å². The van der Waals surface area contributed by atoms with E-state index in [1.54, 1.807) is 0 Å². The zero-order valence-corrected chi connectivity index (χ0v) is 9.58. The SMILES string of the molecule is Cc1ccccc1-c1nc2nc(C(=O)O)cn2[nH]1. The van der Waals surface area contributed by atoms with E-state index in [0.29, 0.717) is 11.6 Å². The molecule has 0 spiro atoms. The van der Waals surface area contributed by atoms with E-state index in [2.05, 4.69) is 15.1 Å². The second-order valence-electron chi connectivity index (χ2n) is 3.99. The lowest BCUT2D eigenvalue weighted by molar-refractivity contribution is 0.0691. The van der Waals surface area contributed by atoms with Gasteiger partial charge in [-0.15, -0.1) is 0 Å². The maximum Gasteiger partial charge on any atom is 0.356 e. The van der Waals surface area contributed by atoms with Crippen LogP contribution in [0.2, 0.25) is 0 Å². The number of aromatic amines is 1. The number of aryl methyl sites for hydroxylation is 1. The minimum absolute atomic E-state index is 0.0231. The Labute approximate surface area is 102 Å². The van der Waals surface area contributed by atoms with Crippen molar-refractivity contribution in [2.45, 2.75) is 6.92 Å². The van der Waals surface area contributed by atoms with Crippen molar-refractivity contribution in [2.24, 2.45) is 0 Å². The number of rotatable bonds is 2. The predicted octanol–water partition coefficient (Wildman–Crippen LogP) is 1.73. The molecule has 2 heterocycles. The molecule has 0 saturated carbocycles. The third kappa shape index (κ3) is 1.55. The first-order valence-corrected chi connectivity index (χ1v) is 5.39. The van der Waals surface area contributed by atoms with Crippen molar-refractivity contribution in [1.82, 2.24) is 19.6 Å². The Bertz CT molecular complexity index is 710. The zero-order valence-electron chi connectivity index (χ0n) is 9.58. The minimum atomic E-state index is -1.06. The van der Waals surface area contributed by atoms with Gasteiger partial charge in [0.2, 0.25) is 0 Å². The van der Waals surface area contributed by atoms with Gasteiger partial charge in [0.05, 0.1) is 6.20 Å². The van der Waals surface area contributed by atoms with Crippen LogP contribution in [0.4, 0.5) is 0 Å². The Kier molecular flexibility index (Phi) is 2.16. The highest BCUT2D eigenvalue weighted by Gasteiger charge is 2.13. The number of aromatic carboxylic acids is 1. The molecule has 0 radical (unpaired) electrons. The van der Waals surface area contributed by atoms with Crippen molar-refractivity contribution in [3.63, 3.8) is 0 Å². The van der Waals surface area contributed by atoms with Gasteiger partial charge in [-0.3, -0.25) is 5.10 Å². The van der Waals surface area contributed by atoms with E-state index in [9.17, 15) is 4.79 Å². The average molecular weight is 242 g/mol. The third-order valence-corrected chi connectivity index (χ3v) is 2.74. The highest BCUT2D eigenvalue weighted by molar-refractivity contribution is 5.85. The van der Waals surface area contributed by atoms with Crippen LogP contribution in [0.15, 0.2) is 30.5 Å². The van der Waals surface area contributed by atoms with Crippen molar-refractivity contribution in [3.05, 3.63) is 41.7 Å². The van der Waals surface area contributed by atoms with E-state index in [-0.39, 0.29) is 5.69 Å². The summed E-state index contributed by atoms with van der Waals surface area (Å²) in [6, 6.07) is 7.82. The molecule has 0 fully saturated rings. The molecular weight excluding hydrogens is 232 g/mol. The van der Waals surface area contributed by atoms with Crippen molar-refractivity contribution in [3.8, 4) is 11.4 Å². The molecule has 0 bridgehead atoms. The van der Waals surface area contributed by atoms with Crippen LogP contribution in [0, 0.1) is 6.92 Å². The highest BCUT2D eigenvalue weighted by atomic mass is 16.4. The van der Waals surface area contributed by atoms with Gasteiger partial charge in [0.25, 0.3) is 5.78 Å². The molecule has 0 aliphatic heterocycles. The molecule has 90 valence electrons. The Hall–Kier alpha value is -2.63. The van der Waals surface area contributed by atoms with Crippen LogP contribution in [-0.2, 0) is 0 Å². The molecule has 6 heteroatoms. The number of benzene rings is 1. The second kappa shape index (κ2) is 3.69. The summed E-state index contributed by atoms with van der Waals surface area (Å²) < 4.78 is 1.51. The van der Waals surface area contributed by atoms with Gasteiger partial charge in [-0.25, -0.2) is 14.3 Å². The molecule has 0 amide bonds. The maximum atomic E-state index is 10.8. The average Bonchev–Trinajstić information content (AvgIpc) is 2.87. The number of H-pyrrole nitrogens is 1. The lowest BCUT2D eigenvalue weighted by Crippen LogP contribution is -1.96. The van der Waals surface area contributed by atoms with Gasteiger partial charge >= 0.3 is 5.97 Å². The van der Waals surface area contributed by atoms with Crippen molar-refractivity contribution >= 4 is 11.7 Å². The van der Waals surface area contributed by atoms with Gasteiger partial charge in [0.15, 0.2) is 11.5 Å². The monoisotopic (exact) mass is 242 g/mol. The highest BCUT2D eigenvalue weighted by Crippen LogP contribution is 2.20. The normalized spacial score (nSPS) is 10.9. The summed E-state index contributed by atoms with van der Waals surface area (Å²) in [4.78, 5) is 18.9. The summed E-state index contributed by atoms with van der Waals surface area (Å²) >= 11 is 0. The van der Waals surface area contributed by atoms with E-state index in [4.69, 9.17) is 5.11 Å². The maximum absolute atomic E-state index is 10.8. The first kappa shape index (κ1) is 10.5. The molecule has 0 aliphatic rings. The molecule has 0 atom stereocenters. The largest absolute Gasteiger partial charge is 0.476 e. The number of carboxylic acid groups (broad SMARTS) is 1. The van der Waals surface area contributed by atoms with Crippen LogP contribution in [0.1, 0.15) is 16.1 Å². The summed E-state index contributed by atoms with van der Waals surface area (Å²) in [5, 5.41) is 11.8. The van der Waals surface area contributed by atoms with Gasteiger partial charge in [0.1, 0.15) is 0 Å². The standard InChI is InChI=1S/C12H10N4O2/c1-7-4-2-3-5-8(7)10-14-12-13-9(11(17)18)6-16(12)15-10/h2-6H,1H3,(H,17,18)(H,13,14,15). The van der Waals surface area contributed by atoms with Crippen LogP contribution < -0.4 is 0 Å². The van der Waals surface area contributed by atoms with Gasteiger partial charge in [-0.2, -0.15) is 4.98 Å². The molecule has 0 unspecified atom stereocenters. The number of nitrogens with one attached hydrogen (secondary N) is 1. The van der Waals surface area contributed by atoms with Crippen LogP contribution >= 0.6 is 0 Å². The first-order chi connectivity index (χ1) is 8.65. The molecular formula is C12H10N4O2. The number of hydrogen-bond acceptors (Lipinski definition) is 3. The third-order valence-electron chi connectivity index (χ3n) is 2.74. The van der Waals surface area contributed by atoms with Crippen LogP contribution in [0.25, 0.3) is 17.2 Å². The molecule has 2 aromatic heterocycles. The van der Waals surface area contributed by atoms with Gasteiger partial charge in [-0.1, -0.05) is 24.3 Å². The number of carboxylic acids is 1. The van der Waals surface area contributed by atoms with Gasteiger partial charge in [0, 0.05) is 5.56 Å². The number of hydrogen-bond donors (Lipinski definition) is 2. The van der Waals surface area contributed by atoms with Crippen LogP contribution in [0.3, 0.4) is 0 Å². The second-order valence-corrected chi connectivity index (χ2v) is 3.99. The molecule has 1 aromatic carbocycles.